The molecule has 1 aliphatic rings. The Morgan fingerprint density at radius 2 is 2.16 bits per heavy atom. The maximum atomic E-state index is 13.3. The number of thioether (sulfide) groups is 1. The van der Waals surface area contributed by atoms with E-state index in [0.717, 1.165) is 28.9 Å². The highest BCUT2D eigenvalue weighted by Gasteiger charge is 2.25. The molecule has 126 valence electrons. The quantitative estimate of drug-likeness (QED) is 0.673. The van der Waals surface area contributed by atoms with Crippen molar-refractivity contribution < 1.29 is 13.6 Å². The first kappa shape index (κ1) is 16.2. The lowest BCUT2D eigenvalue weighted by molar-refractivity contribution is 0.265. The van der Waals surface area contributed by atoms with Gasteiger partial charge >= 0.3 is 0 Å². The van der Waals surface area contributed by atoms with Gasteiger partial charge in [-0.2, -0.15) is 0 Å². The minimum atomic E-state index is -1.01. The molecule has 2 aromatic heterocycles. The molecule has 5 nitrogen and oxygen atoms in total. The second-order valence-corrected chi connectivity index (χ2v) is 7.17. The molecule has 1 aromatic carbocycles. The Bertz CT molecular complexity index is 1070. The molecule has 0 spiro atoms. The first-order valence-corrected chi connectivity index (χ1v) is 8.94. The summed E-state index contributed by atoms with van der Waals surface area (Å²) < 4.78 is 28.2. The van der Waals surface area contributed by atoms with Crippen LogP contribution < -0.4 is 5.32 Å². The molecule has 0 radical (unpaired) electrons. The number of imidazole rings is 1. The van der Waals surface area contributed by atoms with Crippen molar-refractivity contribution in [2.24, 2.45) is 4.99 Å². The lowest BCUT2D eigenvalue weighted by Gasteiger charge is -2.01. The van der Waals surface area contributed by atoms with Gasteiger partial charge in [-0.3, -0.25) is 9.20 Å². The highest BCUT2D eigenvalue weighted by atomic mass is 35.5. The molecule has 3 aromatic rings. The van der Waals surface area contributed by atoms with Gasteiger partial charge in [0.2, 0.25) is 0 Å². The van der Waals surface area contributed by atoms with E-state index in [1.807, 2.05) is 11.6 Å². The number of aliphatic imine (C=N–C) groups is 1. The number of amides is 1. The number of carbonyl (C=O) groups is 1. The lowest BCUT2D eigenvalue weighted by Crippen LogP contribution is -2.18. The number of thiazole rings is 1. The van der Waals surface area contributed by atoms with E-state index < -0.39 is 11.6 Å². The largest absolute Gasteiger partial charge is 0.300 e. The number of nitrogens with zero attached hydrogens (tertiary/aromatic N) is 3. The fourth-order valence-corrected chi connectivity index (χ4v) is 3.93. The topological polar surface area (TPSA) is 58.8 Å². The third-order valence-corrected chi connectivity index (χ3v) is 5.18. The number of hydrogen-bond acceptors (Lipinski definition) is 5. The summed E-state index contributed by atoms with van der Waals surface area (Å²) in [5, 5.41) is 4.42. The van der Waals surface area contributed by atoms with Gasteiger partial charge in [-0.05, 0) is 30.0 Å². The maximum Gasteiger partial charge on any atom is 0.289 e. The molecule has 1 amide bonds. The molecule has 3 heterocycles. The molecule has 0 bridgehead atoms. The van der Waals surface area contributed by atoms with Gasteiger partial charge in [0.1, 0.15) is 5.84 Å². The number of fused-ring (bicyclic) bond motifs is 1. The summed E-state index contributed by atoms with van der Waals surface area (Å²) in [5.74, 6) is -1.74. The van der Waals surface area contributed by atoms with E-state index in [1.165, 1.54) is 17.4 Å². The zero-order valence-corrected chi connectivity index (χ0v) is 14.6. The Kier molecular flexibility index (Phi) is 4.06. The van der Waals surface area contributed by atoms with Crippen LogP contribution in [0.2, 0.25) is 5.15 Å². The first-order valence-electron chi connectivity index (χ1n) is 6.87. The lowest BCUT2D eigenvalue weighted by atomic mass is 10.3. The highest BCUT2D eigenvalue weighted by molar-refractivity contribution is 8.18. The molecule has 4 rings (SSSR count). The van der Waals surface area contributed by atoms with Crippen LogP contribution in [0.1, 0.15) is 5.69 Å². The number of nitrogens with one attached hydrogen (secondary N) is 1. The third kappa shape index (κ3) is 3.06. The van der Waals surface area contributed by atoms with Crippen LogP contribution in [0.25, 0.3) is 11.0 Å². The van der Waals surface area contributed by atoms with Crippen LogP contribution in [-0.2, 0) is 0 Å². The number of rotatable bonds is 2. The summed E-state index contributed by atoms with van der Waals surface area (Å²) in [5.41, 5.74) is 0.789. The predicted molar refractivity (Wildman–Crippen MR) is 95.6 cm³/mol. The SMILES string of the molecule is O=C1NC(=Nc2ccc(F)c(F)c2)/C(=C/c2c(Cl)nc3sccn23)S1. The Balaban J connectivity index is 1.78. The predicted octanol–water partition coefficient (Wildman–Crippen LogP) is 4.85. The molecule has 1 fully saturated rings. The highest BCUT2D eigenvalue weighted by Crippen LogP contribution is 2.31. The molecule has 0 atom stereocenters. The molecular formula is C15H7ClF2N4OS2. The van der Waals surface area contributed by atoms with Gasteiger partial charge in [0.05, 0.1) is 16.3 Å². The van der Waals surface area contributed by atoms with E-state index in [1.54, 1.807) is 10.5 Å². The van der Waals surface area contributed by atoms with Crippen molar-refractivity contribution in [3.8, 4) is 0 Å². The van der Waals surface area contributed by atoms with Crippen LogP contribution in [0.15, 0.2) is 39.7 Å². The van der Waals surface area contributed by atoms with Crippen LogP contribution in [0.3, 0.4) is 0 Å². The Morgan fingerprint density at radius 3 is 2.96 bits per heavy atom. The number of hydrogen-bond donors (Lipinski definition) is 1. The van der Waals surface area contributed by atoms with Gasteiger partial charge in [-0.1, -0.05) is 11.6 Å². The van der Waals surface area contributed by atoms with Crippen molar-refractivity contribution in [2.45, 2.75) is 0 Å². The van der Waals surface area contributed by atoms with Gasteiger partial charge < -0.3 is 5.32 Å². The van der Waals surface area contributed by atoms with E-state index in [0.29, 0.717) is 15.8 Å². The summed E-state index contributed by atoms with van der Waals surface area (Å²) in [6.45, 7) is 0. The van der Waals surface area contributed by atoms with Crippen LogP contribution in [-0.4, -0.2) is 20.5 Å². The minimum absolute atomic E-state index is 0.183. The number of aromatic nitrogens is 2. The van der Waals surface area contributed by atoms with Crippen molar-refractivity contribution in [1.29, 1.82) is 0 Å². The molecule has 10 heteroatoms. The Hall–Kier alpha value is -2.23. The molecule has 0 saturated carbocycles. The summed E-state index contributed by atoms with van der Waals surface area (Å²) in [6.07, 6.45) is 3.49. The smallest absolute Gasteiger partial charge is 0.289 e. The number of benzene rings is 1. The zero-order valence-electron chi connectivity index (χ0n) is 12.2. The number of amidine groups is 1. The minimum Gasteiger partial charge on any atom is -0.300 e. The van der Waals surface area contributed by atoms with E-state index >= 15 is 0 Å². The van der Waals surface area contributed by atoms with Crippen molar-refractivity contribution in [3.63, 3.8) is 0 Å². The van der Waals surface area contributed by atoms with Crippen molar-refractivity contribution in [3.05, 3.63) is 57.2 Å². The summed E-state index contributed by atoms with van der Waals surface area (Å²) in [6, 6.07) is 3.25. The molecule has 1 aliphatic heterocycles. The van der Waals surface area contributed by atoms with Crippen LogP contribution in [0.5, 0.6) is 0 Å². The fourth-order valence-electron chi connectivity index (χ4n) is 2.23. The Labute approximate surface area is 153 Å². The van der Waals surface area contributed by atoms with Gasteiger partial charge in [-0.25, -0.2) is 18.8 Å². The average Bonchev–Trinajstić information content (AvgIpc) is 3.21. The number of halogens is 3. The van der Waals surface area contributed by atoms with Crippen molar-refractivity contribution >= 4 is 62.5 Å². The molecule has 0 unspecified atom stereocenters. The summed E-state index contributed by atoms with van der Waals surface area (Å²) >= 11 is 8.52. The van der Waals surface area contributed by atoms with E-state index in [4.69, 9.17) is 11.6 Å². The molecule has 1 saturated heterocycles. The van der Waals surface area contributed by atoms with Gasteiger partial charge in [0, 0.05) is 17.6 Å². The Morgan fingerprint density at radius 1 is 1.32 bits per heavy atom. The summed E-state index contributed by atoms with van der Waals surface area (Å²) in [7, 11) is 0. The standard InChI is InChI=1S/C15H7ClF2N4OS2/c16-12-10(22-3-4-24-14(22)20-12)6-11-13(21-15(23)25-11)19-7-1-2-8(17)9(18)5-7/h1-6H,(H,19,21,23)/b11-6-. The van der Waals surface area contributed by atoms with Gasteiger partial charge in [0.25, 0.3) is 5.24 Å². The molecule has 0 aliphatic carbocycles. The van der Waals surface area contributed by atoms with Crippen LogP contribution in [0.4, 0.5) is 19.3 Å². The van der Waals surface area contributed by atoms with E-state index in [2.05, 4.69) is 15.3 Å². The van der Waals surface area contributed by atoms with Crippen molar-refractivity contribution in [2.75, 3.05) is 0 Å². The normalized spacial score (nSPS) is 17.8. The van der Waals surface area contributed by atoms with Crippen molar-refractivity contribution in [1.82, 2.24) is 14.7 Å². The van der Waals surface area contributed by atoms with Gasteiger partial charge in [0.15, 0.2) is 21.7 Å². The third-order valence-electron chi connectivity index (χ3n) is 3.32. The van der Waals surface area contributed by atoms with Crippen LogP contribution in [0, 0.1) is 11.6 Å². The van der Waals surface area contributed by atoms with E-state index in [9.17, 15) is 13.6 Å². The molecule has 25 heavy (non-hydrogen) atoms. The summed E-state index contributed by atoms with van der Waals surface area (Å²) in [4.78, 5) is 21.4. The fraction of sp³-hybridized carbons (Fsp3) is 0. The molecular weight excluding hydrogens is 390 g/mol. The number of carbonyl (C=O) groups excluding carboxylic acids is 1. The molecule has 1 N–H and O–H groups in total. The van der Waals surface area contributed by atoms with Crippen LogP contribution >= 0.6 is 34.7 Å². The zero-order chi connectivity index (χ0) is 17.6. The second-order valence-electron chi connectivity index (χ2n) is 4.93. The maximum absolute atomic E-state index is 13.3. The monoisotopic (exact) mass is 396 g/mol. The van der Waals surface area contributed by atoms with E-state index in [-0.39, 0.29) is 16.8 Å². The van der Waals surface area contributed by atoms with Gasteiger partial charge in [-0.15, -0.1) is 11.3 Å². The first-order chi connectivity index (χ1) is 12.0. The average molecular weight is 397 g/mol. The second kappa shape index (κ2) is 6.25.